The van der Waals surface area contributed by atoms with Gasteiger partial charge in [-0.05, 0) is 31.5 Å². The van der Waals surface area contributed by atoms with Crippen LogP contribution in [0.5, 0.6) is 0 Å². The lowest BCUT2D eigenvalue weighted by Gasteiger charge is -2.11. The molecule has 2 aromatic heterocycles. The summed E-state index contributed by atoms with van der Waals surface area (Å²) in [6.45, 7) is 3.89. The third-order valence-electron chi connectivity index (χ3n) is 3.44. The lowest BCUT2D eigenvalue weighted by molar-refractivity contribution is 0.0531. The number of halogens is 3. The second kappa shape index (κ2) is 7.33. The number of hydrogen-bond acceptors (Lipinski definition) is 6. The quantitative estimate of drug-likeness (QED) is 0.538. The average Bonchev–Trinajstić information content (AvgIpc) is 2.89. The average molecular weight is 417 g/mol. The minimum absolute atomic E-state index is 0.305. The molecule has 2 heterocycles. The zero-order valence-electron chi connectivity index (χ0n) is 13.2. The predicted molar refractivity (Wildman–Crippen MR) is 103 cm³/mol. The smallest absolute Gasteiger partial charge is 0.348 e. The molecule has 0 aliphatic rings. The first-order chi connectivity index (χ1) is 11.9. The van der Waals surface area contributed by atoms with E-state index in [1.165, 1.54) is 17.7 Å². The molecule has 9 heteroatoms. The van der Waals surface area contributed by atoms with E-state index < -0.39 is 0 Å². The Morgan fingerprint density at radius 1 is 1.24 bits per heavy atom. The third-order valence-corrected chi connectivity index (χ3v) is 5.43. The molecule has 1 N–H and O–H groups in total. The minimum atomic E-state index is -0.378. The molecule has 5 nitrogen and oxygen atoms in total. The van der Waals surface area contributed by atoms with E-state index in [1.54, 1.807) is 19.1 Å². The van der Waals surface area contributed by atoms with Crippen LogP contribution < -0.4 is 5.32 Å². The van der Waals surface area contributed by atoms with Crippen LogP contribution in [-0.2, 0) is 4.74 Å². The summed E-state index contributed by atoms with van der Waals surface area (Å²) in [7, 11) is 0. The van der Waals surface area contributed by atoms with Crippen molar-refractivity contribution in [3.05, 3.63) is 44.0 Å². The molecule has 0 fully saturated rings. The Balaban J connectivity index is 2.10. The van der Waals surface area contributed by atoms with Gasteiger partial charge in [0.15, 0.2) is 0 Å². The zero-order valence-corrected chi connectivity index (χ0v) is 16.3. The number of rotatable bonds is 4. The summed E-state index contributed by atoms with van der Waals surface area (Å²) in [5.41, 5.74) is 1.22. The number of aryl methyl sites for hydroxylation is 1. The summed E-state index contributed by atoms with van der Waals surface area (Å²) in [6.07, 6.45) is 1.41. The van der Waals surface area contributed by atoms with E-state index in [0.717, 1.165) is 10.9 Å². The highest BCUT2D eigenvalue weighted by atomic mass is 35.5. The molecule has 3 aromatic rings. The zero-order chi connectivity index (χ0) is 18.1. The van der Waals surface area contributed by atoms with Gasteiger partial charge >= 0.3 is 5.97 Å². The molecule has 0 bridgehead atoms. The van der Waals surface area contributed by atoms with E-state index in [9.17, 15) is 4.79 Å². The van der Waals surface area contributed by atoms with Gasteiger partial charge in [-0.15, -0.1) is 11.3 Å². The Hall–Kier alpha value is -1.60. The van der Waals surface area contributed by atoms with Crippen molar-refractivity contribution >= 4 is 73.8 Å². The van der Waals surface area contributed by atoms with E-state index in [-0.39, 0.29) is 5.97 Å². The van der Waals surface area contributed by atoms with Crippen LogP contribution in [0, 0.1) is 6.92 Å². The summed E-state index contributed by atoms with van der Waals surface area (Å²) in [5, 5.41) is 5.00. The van der Waals surface area contributed by atoms with Gasteiger partial charge in [-0.3, -0.25) is 0 Å². The normalized spacial score (nSPS) is 10.9. The van der Waals surface area contributed by atoms with Crippen LogP contribution >= 0.6 is 46.1 Å². The summed E-state index contributed by atoms with van der Waals surface area (Å²) < 4.78 is 5.09. The molecule has 0 aliphatic heterocycles. The van der Waals surface area contributed by atoms with Gasteiger partial charge in [0.2, 0.25) is 0 Å². The molecule has 0 atom stereocenters. The molecule has 1 aromatic carbocycles. The van der Waals surface area contributed by atoms with Gasteiger partial charge in [0.1, 0.15) is 21.9 Å². The van der Waals surface area contributed by atoms with E-state index in [1.807, 2.05) is 6.92 Å². The second-order valence-electron chi connectivity index (χ2n) is 5.05. The fourth-order valence-electron chi connectivity index (χ4n) is 2.34. The molecule has 25 heavy (non-hydrogen) atoms. The highest BCUT2D eigenvalue weighted by Crippen LogP contribution is 2.39. The number of aromatic nitrogens is 2. The number of anilines is 2. The summed E-state index contributed by atoms with van der Waals surface area (Å²) in [4.78, 5) is 21.8. The van der Waals surface area contributed by atoms with Crippen molar-refractivity contribution in [1.29, 1.82) is 0 Å². The van der Waals surface area contributed by atoms with Crippen molar-refractivity contribution in [3.63, 3.8) is 0 Å². The summed E-state index contributed by atoms with van der Waals surface area (Å²) in [6, 6.07) is 3.17. The Bertz CT molecular complexity index is 952. The molecule has 3 rings (SSSR count). The van der Waals surface area contributed by atoms with Crippen LogP contribution in [0.4, 0.5) is 11.5 Å². The molecule has 0 amide bonds. The van der Waals surface area contributed by atoms with Crippen LogP contribution in [-0.4, -0.2) is 22.5 Å². The van der Waals surface area contributed by atoms with E-state index in [4.69, 9.17) is 39.5 Å². The maximum absolute atomic E-state index is 12.1. The van der Waals surface area contributed by atoms with Gasteiger partial charge in [0.05, 0.1) is 27.7 Å². The van der Waals surface area contributed by atoms with Gasteiger partial charge in [0.25, 0.3) is 0 Å². The molecule has 0 radical (unpaired) electrons. The van der Waals surface area contributed by atoms with Crippen molar-refractivity contribution in [2.45, 2.75) is 13.8 Å². The Kier molecular flexibility index (Phi) is 5.34. The fraction of sp³-hybridized carbons (Fsp3) is 0.188. The first-order valence-corrected chi connectivity index (χ1v) is 9.20. The maximum atomic E-state index is 12.1. The second-order valence-corrected chi connectivity index (χ2v) is 7.30. The number of ether oxygens (including phenoxy) is 1. The first kappa shape index (κ1) is 18.2. The predicted octanol–water partition coefficient (Wildman–Crippen LogP) is 5.88. The standard InChI is InChI=1S/C16H12Cl3N3O2S/c1-3-24-16(23)13-7(2)11-14(20-6-21-15(11)25-13)22-12-9(18)4-8(17)5-10(12)19/h4-6H,3H2,1-2H3,(H,20,21,22). The number of carbonyl (C=O) groups excluding carboxylic acids is 1. The van der Waals surface area contributed by atoms with Crippen molar-refractivity contribution in [2.75, 3.05) is 11.9 Å². The van der Waals surface area contributed by atoms with Crippen molar-refractivity contribution in [1.82, 2.24) is 9.97 Å². The Labute approximate surface area is 162 Å². The topological polar surface area (TPSA) is 64.1 Å². The molecule has 0 spiro atoms. The van der Waals surface area contributed by atoms with E-state index in [0.29, 0.717) is 42.9 Å². The third kappa shape index (κ3) is 3.53. The van der Waals surface area contributed by atoms with Crippen molar-refractivity contribution < 1.29 is 9.53 Å². The summed E-state index contributed by atoms with van der Waals surface area (Å²) in [5.74, 6) is 0.122. The maximum Gasteiger partial charge on any atom is 0.348 e. The van der Waals surface area contributed by atoms with E-state index in [2.05, 4.69) is 15.3 Å². The van der Waals surface area contributed by atoms with Crippen LogP contribution in [0.3, 0.4) is 0 Å². The van der Waals surface area contributed by atoms with Crippen LogP contribution in [0.25, 0.3) is 10.2 Å². The molecular formula is C16H12Cl3N3O2S. The van der Waals surface area contributed by atoms with Gasteiger partial charge in [0, 0.05) is 5.02 Å². The van der Waals surface area contributed by atoms with E-state index >= 15 is 0 Å². The molecule has 0 saturated heterocycles. The van der Waals surface area contributed by atoms with Gasteiger partial charge < -0.3 is 10.1 Å². The van der Waals surface area contributed by atoms with Gasteiger partial charge in [-0.1, -0.05) is 34.8 Å². The summed E-state index contributed by atoms with van der Waals surface area (Å²) >= 11 is 19.6. The number of nitrogens with one attached hydrogen (secondary N) is 1. The van der Waals surface area contributed by atoms with Crippen LogP contribution in [0.2, 0.25) is 15.1 Å². The SMILES string of the molecule is CCOC(=O)c1sc2ncnc(Nc3c(Cl)cc(Cl)cc3Cl)c2c1C. The van der Waals surface area contributed by atoms with Crippen molar-refractivity contribution in [3.8, 4) is 0 Å². The molecule has 0 saturated carbocycles. The number of carbonyl (C=O) groups is 1. The molecule has 0 aliphatic carbocycles. The van der Waals surface area contributed by atoms with Crippen LogP contribution in [0.1, 0.15) is 22.2 Å². The Morgan fingerprint density at radius 2 is 1.92 bits per heavy atom. The molecule has 0 unspecified atom stereocenters. The first-order valence-electron chi connectivity index (χ1n) is 7.25. The largest absolute Gasteiger partial charge is 0.462 e. The number of thiophene rings is 1. The molecular weight excluding hydrogens is 405 g/mol. The molecule has 130 valence electrons. The number of benzene rings is 1. The number of nitrogens with zero attached hydrogens (tertiary/aromatic N) is 2. The minimum Gasteiger partial charge on any atom is -0.462 e. The van der Waals surface area contributed by atoms with Gasteiger partial charge in [-0.2, -0.15) is 0 Å². The highest BCUT2D eigenvalue weighted by Gasteiger charge is 2.21. The number of hydrogen-bond donors (Lipinski definition) is 1. The number of fused-ring (bicyclic) bond motifs is 1. The van der Waals surface area contributed by atoms with Gasteiger partial charge in [-0.25, -0.2) is 14.8 Å². The Morgan fingerprint density at radius 3 is 2.56 bits per heavy atom. The number of esters is 1. The van der Waals surface area contributed by atoms with Crippen molar-refractivity contribution in [2.24, 2.45) is 0 Å². The van der Waals surface area contributed by atoms with Crippen LogP contribution in [0.15, 0.2) is 18.5 Å². The lowest BCUT2D eigenvalue weighted by Crippen LogP contribution is -2.03. The fourth-order valence-corrected chi connectivity index (χ4v) is 4.29. The highest BCUT2D eigenvalue weighted by molar-refractivity contribution is 7.20. The lowest BCUT2D eigenvalue weighted by atomic mass is 10.2. The monoisotopic (exact) mass is 415 g/mol.